The topological polar surface area (TPSA) is 9.23 Å². The molecule has 148 valence electrons. The Morgan fingerprint density at radius 2 is 1.43 bits per heavy atom. The molecular formula is C25H28F2O. The van der Waals surface area contributed by atoms with Gasteiger partial charge in [-0.1, -0.05) is 42.5 Å². The van der Waals surface area contributed by atoms with E-state index >= 15 is 0 Å². The first-order chi connectivity index (χ1) is 13.6. The number of hydrogen-bond acceptors (Lipinski definition) is 1. The molecule has 4 unspecified atom stereocenters. The van der Waals surface area contributed by atoms with E-state index in [9.17, 15) is 8.78 Å². The van der Waals surface area contributed by atoms with Crippen molar-refractivity contribution in [2.45, 2.75) is 51.1 Å². The monoisotopic (exact) mass is 382 g/mol. The quantitative estimate of drug-likeness (QED) is 0.488. The molecule has 0 bridgehead atoms. The van der Waals surface area contributed by atoms with Crippen LogP contribution in [0.15, 0.2) is 61.2 Å². The van der Waals surface area contributed by atoms with Gasteiger partial charge in [-0.05, 0) is 91.0 Å². The van der Waals surface area contributed by atoms with Crippen molar-refractivity contribution in [2.75, 3.05) is 0 Å². The number of halogens is 2. The van der Waals surface area contributed by atoms with Gasteiger partial charge in [-0.25, -0.2) is 0 Å². The standard InChI is InChI=1S/C25H28F2O/c1-2-17-3-4-23-16-22(10-9-21(23)15-17)20-7-5-18(6-8-20)19-11-13-24(14-12-19)28-25(26)27/h2,5-8,11-14,17,21-23,25H,1,3-4,9-10,15-16H2. The molecule has 2 saturated carbocycles. The minimum Gasteiger partial charge on any atom is -0.435 e. The molecule has 0 saturated heterocycles. The summed E-state index contributed by atoms with van der Waals surface area (Å²) in [5, 5.41) is 0. The lowest BCUT2D eigenvalue weighted by molar-refractivity contribution is -0.0498. The molecule has 2 aliphatic carbocycles. The van der Waals surface area contributed by atoms with Gasteiger partial charge in [0.15, 0.2) is 0 Å². The lowest BCUT2D eigenvalue weighted by Crippen LogP contribution is -2.29. The van der Waals surface area contributed by atoms with Crippen molar-refractivity contribution < 1.29 is 13.5 Å². The van der Waals surface area contributed by atoms with Gasteiger partial charge < -0.3 is 4.74 Å². The van der Waals surface area contributed by atoms with Gasteiger partial charge in [0.05, 0.1) is 0 Å². The molecule has 2 fully saturated rings. The third kappa shape index (κ3) is 4.29. The van der Waals surface area contributed by atoms with Crippen molar-refractivity contribution in [3.8, 4) is 16.9 Å². The molecule has 1 nitrogen and oxygen atoms in total. The molecule has 0 aromatic heterocycles. The van der Waals surface area contributed by atoms with Gasteiger partial charge >= 0.3 is 6.61 Å². The molecule has 28 heavy (non-hydrogen) atoms. The van der Waals surface area contributed by atoms with E-state index in [2.05, 4.69) is 41.7 Å². The lowest BCUT2D eigenvalue weighted by atomic mass is 9.64. The van der Waals surface area contributed by atoms with Crippen LogP contribution in [0.4, 0.5) is 8.78 Å². The van der Waals surface area contributed by atoms with Gasteiger partial charge in [0.1, 0.15) is 5.75 Å². The molecular weight excluding hydrogens is 354 g/mol. The second kappa shape index (κ2) is 8.46. The molecule has 0 amide bonds. The highest BCUT2D eigenvalue weighted by molar-refractivity contribution is 5.64. The Balaban J connectivity index is 1.40. The largest absolute Gasteiger partial charge is 0.435 e. The summed E-state index contributed by atoms with van der Waals surface area (Å²) in [6, 6.07) is 15.6. The summed E-state index contributed by atoms with van der Waals surface area (Å²) in [5.74, 6) is 3.35. The number of hydrogen-bond donors (Lipinski definition) is 0. The maximum Gasteiger partial charge on any atom is 0.387 e. The maximum absolute atomic E-state index is 12.3. The Labute approximate surface area is 166 Å². The number of fused-ring (bicyclic) bond motifs is 1. The first-order valence-electron chi connectivity index (χ1n) is 10.4. The Morgan fingerprint density at radius 3 is 2.07 bits per heavy atom. The Kier molecular flexibility index (Phi) is 5.79. The second-order valence-corrected chi connectivity index (χ2v) is 8.36. The van der Waals surface area contributed by atoms with Gasteiger partial charge in [0.25, 0.3) is 0 Å². The second-order valence-electron chi connectivity index (χ2n) is 8.36. The minimum atomic E-state index is -2.79. The molecule has 4 atom stereocenters. The van der Waals surface area contributed by atoms with E-state index in [1.807, 2.05) is 12.1 Å². The van der Waals surface area contributed by atoms with E-state index in [1.54, 1.807) is 12.1 Å². The summed E-state index contributed by atoms with van der Waals surface area (Å²) in [6.07, 6.45) is 10.1. The van der Waals surface area contributed by atoms with E-state index in [4.69, 9.17) is 0 Å². The molecule has 0 N–H and O–H groups in total. The molecule has 0 spiro atoms. The summed E-state index contributed by atoms with van der Waals surface area (Å²) in [5.41, 5.74) is 3.55. The highest BCUT2D eigenvalue weighted by Crippen LogP contribution is 2.47. The van der Waals surface area contributed by atoms with Crippen LogP contribution in [0.2, 0.25) is 0 Å². The van der Waals surface area contributed by atoms with E-state index in [0.29, 0.717) is 5.92 Å². The number of rotatable bonds is 5. The van der Waals surface area contributed by atoms with Crippen molar-refractivity contribution in [3.05, 3.63) is 66.7 Å². The highest BCUT2D eigenvalue weighted by Gasteiger charge is 2.35. The zero-order chi connectivity index (χ0) is 19.5. The van der Waals surface area contributed by atoms with Crippen LogP contribution in [0.25, 0.3) is 11.1 Å². The fraction of sp³-hybridized carbons (Fsp3) is 0.440. The fourth-order valence-electron chi connectivity index (χ4n) is 5.22. The van der Waals surface area contributed by atoms with E-state index in [1.165, 1.54) is 44.1 Å². The van der Waals surface area contributed by atoms with Crippen LogP contribution in [0.3, 0.4) is 0 Å². The number of benzene rings is 2. The number of allylic oxidation sites excluding steroid dienone is 1. The lowest BCUT2D eigenvalue weighted by Gasteiger charge is -2.41. The third-order valence-electron chi connectivity index (χ3n) is 6.78. The first kappa shape index (κ1) is 19.2. The van der Waals surface area contributed by atoms with E-state index < -0.39 is 6.61 Å². The van der Waals surface area contributed by atoms with Gasteiger partial charge in [-0.3, -0.25) is 0 Å². The van der Waals surface area contributed by atoms with Crippen molar-refractivity contribution in [1.82, 2.24) is 0 Å². The van der Waals surface area contributed by atoms with Crippen LogP contribution in [0, 0.1) is 17.8 Å². The summed E-state index contributed by atoms with van der Waals surface area (Å²) < 4.78 is 29.0. The molecule has 2 aromatic rings. The van der Waals surface area contributed by atoms with Crippen LogP contribution < -0.4 is 4.74 Å². The third-order valence-corrected chi connectivity index (χ3v) is 6.78. The van der Waals surface area contributed by atoms with E-state index in [0.717, 1.165) is 28.9 Å². The zero-order valence-electron chi connectivity index (χ0n) is 16.2. The summed E-state index contributed by atoms with van der Waals surface area (Å²) in [4.78, 5) is 0. The predicted molar refractivity (Wildman–Crippen MR) is 110 cm³/mol. The van der Waals surface area contributed by atoms with Crippen molar-refractivity contribution in [1.29, 1.82) is 0 Å². The summed E-state index contributed by atoms with van der Waals surface area (Å²) in [7, 11) is 0. The number of ether oxygens (including phenoxy) is 1. The van der Waals surface area contributed by atoms with Crippen molar-refractivity contribution in [2.24, 2.45) is 17.8 Å². The molecule has 0 heterocycles. The minimum absolute atomic E-state index is 0.193. The van der Waals surface area contributed by atoms with Crippen molar-refractivity contribution in [3.63, 3.8) is 0 Å². The predicted octanol–water partition coefficient (Wildman–Crippen LogP) is 7.44. The van der Waals surface area contributed by atoms with Crippen LogP contribution >= 0.6 is 0 Å². The molecule has 4 rings (SSSR count). The average molecular weight is 382 g/mol. The number of alkyl halides is 2. The average Bonchev–Trinajstić information content (AvgIpc) is 2.73. The Bertz CT molecular complexity index is 781. The summed E-state index contributed by atoms with van der Waals surface area (Å²) in [6.45, 7) is 1.21. The van der Waals surface area contributed by atoms with Gasteiger partial charge in [-0.15, -0.1) is 6.58 Å². The summed E-state index contributed by atoms with van der Waals surface area (Å²) >= 11 is 0. The SMILES string of the molecule is C=CC1CCC2CC(c3ccc(-c4ccc(OC(F)F)cc4)cc3)CCC2C1. The van der Waals surface area contributed by atoms with Crippen LogP contribution in [0.1, 0.15) is 50.0 Å². The fourth-order valence-corrected chi connectivity index (χ4v) is 5.22. The molecule has 0 radical (unpaired) electrons. The maximum atomic E-state index is 12.3. The molecule has 2 aliphatic rings. The molecule has 2 aromatic carbocycles. The van der Waals surface area contributed by atoms with Crippen molar-refractivity contribution >= 4 is 0 Å². The van der Waals surface area contributed by atoms with E-state index in [-0.39, 0.29) is 5.75 Å². The van der Waals surface area contributed by atoms with Gasteiger partial charge in [0, 0.05) is 0 Å². The normalized spacial score (nSPS) is 27.2. The first-order valence-corrected chi connectivity index (χ1v) is 10.4. The molecule has 0 aliphatic heterocycles. The van der Waals surface area contributed by atoms with Gasteiger partial charge in [-0.2, -0.15) is 8.78 Å². The van der Waals surface area contributed by atoms with Crippen LogP contribution in [0.5, 0.6) is 5.75 Å². The van der Waals surface area contributed by atoms with Gasteiger partial charge in [0.2, 0.25) is 0 Å². The highest BCUT2D eigenvalue weighted by atomic mass is 19.3. The van der Waals surface area contributed by atoms with Crippen LogP contribution in [-0.4, -0.2) is 6.61 Å². The zero-order valence-corrected chi connectivity index (χ0v) is 16.2. The van der Waals surface area contributed by atoms with Crippen LogP contribution in [-0.2, 0) is 0 Å². The Hall–Kier alpha value is -2.16. The molecule has 3 heteroatoms. The Morgan fingerprint density at radius 1 is 0.821 bits per heavy atom. The smallest absolute Gasteiger partial charge is 0.387 e.